The van der Waals surface area contributed by atoms with Crippen LogP contribution in [0, 0.1) is 5.92 Å². The highest BCUT2D eigenvalue weighted by atomic mass is 28.4. The molecule has 1 N–H and O–H groups in total. The molecule has 1 saturated carbocycles. The highest BCUT2D eigenvalue weighted by molar-refractivity contribution is 6.74. The maximum absolute atomic E-state index is 10.9. The molecule has 1 rings (SSSR count). The summed E-state index contributed by atoms with van der Waals surface area (Å²) in [6, 6.07) is 0. The standard InChI is InChI=1S/C14H26O3Si/c1-10-7-8-12(11(10)9-13(15)16)17-18(5,6)14(2,3)4/h11-12H,1,7-9H2,2-6H3,(H,15,16)/t11-,12-/m0/s1. The molecule has 0 bridgehead atoms. The lowest BCUT2D eigenvalue weighted by Gasteiger charge is -2.39. The van der Waals surface area contributed by atoms with Crippen LogP contribution in [-0.2, 0) is 9.22 Å². The number of hydrogen-bond acceptors (Lipinski definition) is 2. The fourth-order valence-electron chi connectivity index (χ4n) is 2.14. The molecular weight excluding hydrogens is 244 g/mol. The molecule has 2 atom stereocenters. The molecule has 0 radical (unpaired) electrons. The Bertz CT molecular complexity index is 341. The molecule has 1 fully saturated rings. The van der Waals surface area contributed by atoms with E-state index >= 15 is 0 Å². The summed E-state index contributed by atoms with van der Waals surface area (Å²) in [5.41, 5.74) is 1.04. The smallest absolute Gasteiger partial charge is 0.304 e. The van der Waals surface area contributed by atoms with Crippen molar-refractivity contribution in [3.05, 3.63) is 12.2 Å². The van der Waals surface area contributed by atoms with Gasteiger partial charge in [0.2, 0.25) is 0 Å². The Morgan fingerprint density at radius 2 is 2.06 bits per heavy atom. The van der Waals surface area contributed by atoms with Crippen LogP contribution < -0.4 is 0 Å². The van der Waals surface area contributed by atoms with Crippen LogP contribution in [0.3, 0.4) is 0 Å². The van der Waals surface area contributed by atoms with E-state index in [1.807, 2.05) is 0 Å². The van der Waals surface area contributed by atoms with Crippen molar-refractivity contribution in [1.82, 2.24) is 0 Å². The van der Waals surface area contributed by atoms with Gasteiger partial charge in [-0.1, -0.05) is 32.9 Å². The quantitative estimate of drug-likeness (QED) is 0.624. The highest BCUT2D eigenvalue weighted by Crippen LogP contribution is 2.42. The second-order valence-electron chi connectivity index (χ2n) is 6.82. The first-order valence-electron chi connectivity index (χ1n) is 6.62. The van der Waals surface area contributed by atoms with Gasteiger partial charge in [0.15, 0.2) is 8.32 Å². The molecule has 0 unspecified atom stereocenters. The first-order valence-corrected chi connectivity index (χ1v) is 9.52. The Kier molecular flexibility index (Phi) is 4.44. The lowest BCUT2D eigenvalue weighted by Crippen LogP contribution is -2.45. The molecule has 0 aliphatic heterocycles. The van der Waals surface area contributed by atoms with Crippen LogP contribution in [0.25, 0.3) is 0 Å². The molecule has 1 aliphatic carbocycles. The van der Waals surface area contributed by atoms with E-state index in [1.54, 1.807) is 0 Å². The number of aliphatic carboxylic acids is 1. The van der Waals surface area contributed by atoms with E-state index in [0.29, 0.717) is 0 Å². The number of hydrogen-bond donors (Lipinski definition) is 1. The molecule has 18 heavy (non-hydrogen) atoms. The zero-order valence-electron chi connectivity index (χ0n) is 12.2. The van der Waals surface area contributed by atoms with Crippen LogP contribution in [0.4, 0.5) is 0 Å². The van der Waals surface area contributed by atoms with Gasteiger partial charge in [-0.25, -0.2) is 0 Å². The van der Waals surface area contributed by atoms with Crippen LogP contribution in [-0.4, -0.2) is 25.5 Å². The van der Waals surface area contributed by atoms with Crippen LogP contribution in [0.1, 0.15) is 40.0 Å². The van der Waals surface area contributed by atoms with Gasteiger partial charge in [0.1, 0.15) is 0 Å². The Labute approximate surface area is 111 Å². The monoisotopic (exact) mass is 270 g/mol. The van der Waals surface area contributed by atoms with E-state index in [-0.39, 0.29) is 23.5 Å². The lowest BCUT2D eigenvalue weighted by molar-refractivity contribution is -0.138. The topological polar surface area (TPSA) is 46.5 Å². The molecule has 0 aromatic carbocycles. The summed E-state index contributed by atoms with van der Waals surface area (Å²) in [5.74, 6) is -0.761. The average Bonchev–Trinajstić information content (AvgIpc) is 2.46. The molecule has 0 aromatic heterocycles. The molecule has 104 valence electrons. The van der Waals surface area contributed by atoms with E-state index < -0.39 is 14.3 Å². The summed E-state index contributed by atoms with van der Waals surface area (Å²) in [7, 11) is -1.83. The SMILES string of the molecule is C=C1CC[C@H](O[Si](C)(C)C(C)(C)C)[C@H]1CC(=O)O. The zero-order valence-corrected chi connectivity index (χ0v) is 13.2. The molecule has 4 heteroatoms. The van der Waals surface area contributed by atoms with Crippen molar-refractivity contribution in [2.45, 2.75) is 64.3 Å². The Hall–Kier alpha value is -0.613. The second-order valence-corrected chi connectivity index (χ2v) is 11.6. The molecule has 0 amide bonds. The minimum Gasteiger partial charge on any atom is -0.481 e. The third-order valence-electron chi connectivity index (χ3n) is 4.37. The summed E-state index contributed by atoms with van der Waals surface area (Å²) in [5, 5.41) is 9.14. The molecule has 1 aliphatic rings. The van der Waals surface area contributed by atoms with Crippen LogP contribution in [0.5, 0.6) is 0 Å². The minimum absolute atomic E-state index is 0.00313. The molecule has 0 aromatic rings. The largest absolute Gasteiger partial charge is 0.481 e. The predicted octanol–water partition coefficient (Wildman–Crippen LogP) is 3.82. The van der Waals surface area contributed by atoms with Crippen molar-refractivity contribution in [1.29, 1.82) is 0 Å². The number of carbonyl (C=O) groups is 1. The van der Waals surface area contributed by atoms with Crippen LogP contribution >= 0.6 is 0 Å². The van der Waals surface area contributed by atoms with Crippen molar-refractivity contribution < 1.29 is 14.3 Å². The summed E-state index contributed by atoms with van der Waals surface area (Å²) in [6.07, 6.45) is 2.02. The summed E-state index contributed by atoms with van der Waals surface area (Å²) >= 11 is 0. The van der Waals surface area contributed by atoms with Gasteiger partial charge >= 0.3 is 5.97 Å². The predicted molar refractivity (Wildman–Crippen MR) is 76.2 cm³/mol. The first-order chi connectivity index (χ1) is 8.04. The molecule has 3 nitrogen and oxygen atoms in total. The molecule has 0 heterocycles. The average molecular weight is 270 g/mol. The Balaban J connectivity index is 2.77. The maximum atomic E-state index is 10.9. The van der Waals surface area contributed by atoms with E-state index in [1.165, 1.54) is 0 Å². The van der Waals surface area contributed by atoms with E-state index in [9.17, 15) is 4.79 Å². The van der Waals surface area contributed by atoms with Gasteiger partial charge in [-0.3, -0.25) is 4.79 Å². The molecule has 0 saturated heterocycles. The summed E-state index contributed by atoms with van der Waals surface area (Å²) in [6.45, 7) is 15.0. The fraction of sp³-hybridized carbons (Fsp3) is 0.786. The van der Waals surface area contributed by atoms with Crippen molar-refractivity contribution in [3.63, 3.8) is 0 Å². The highest BCUT2D eigenvalue weighted by Gasteiger charge is 2.43. The van der Waals surface area contributed by atoms with Gasteiger partial charge in [-0.15, -0.1) is 0 Å². The van der Waals surface area contributed by atoms with Gasteiger partial charge in [-0.2, -0.15) is 0 Å². The summed E-state index contributed by atoms with van der Waals surface area (Å²) < 4.78 is 6.36. The van der Waals surface area contributed by atoms with E-state index in [4.69, 9.17) is 9.53 Å². The van der Waals surface area contributed by atoms with Gasteiger partial charge in [-0.05, 0) is 31.0 Å². The number of carboxylic acids is 1. The minimum atomic E-state index is -1.83. The lowest BCUT2D eigenvalue weighted by atomic mass is 9.98. The number of carboxylic acid groups (broad SMARTS) is 1. The third kappa shape index (κ3) is 3.45. The van der Waals surface area contributed by atoms with Crippen molar-refractivity contribution in [3.8, 4) is 0 Å². The second kappa shape index (κ2) is 5.17. The third-order valence-corrected chi connectivity index (χ3v) is 8.87. The van der Waals surface area contributed by atoms with Crippen LogP contribution in [0.2, 0.25) is 18.1 Å². The van der Waals surface area contributed by atoms with Gasteiger partial charge in [0.05, 0.1) is 12.5 Å². The fourth-order valence-corrected chi connectivity index (χ4v) is 3.53. The van der Waals surface area contributed by atoms with Gasteiger partial charge < -0.3 is 9.53 Å². The first kappa shape index (κ1) is 15.4. The van der Waals surface area contributed by atoms with Crippen molar-refractivity contribution in [2.75, 3.05) is 0 Å². The summed E-state index contributed by atoms with van der Waals surface area (Å²) in [4.78, 5) is 10.9. The van der Waals surface area contributed by atoms with Gasteiger partial charge in [0.25, 0.3) is 0 Å². The molecule has 0 spiro atoms. The normalized spacial score (nSPS) is 25.5. The number of rotatable bonds is 4. The van der Waals surface area contributed by atoms with Crippen molar-refractivity contribution in [2.24, 2.45) is 5.92 Å². The van der Waals surface area contributed by atoms with E-state index in [0.717, 1.165) is 18.4 Å². The zero-order chi connectivity index (χ0) is 14.1. The Morgan fingerprint density at radius 1 is 1.50 bits per heavy atom. The van der Waals surface area contributed by atoms with E-state index in [2.05, 4.69) is 40.4 Å². The van der Waals surface area contributed by atoms with Gasteiger partial charge in [0, 0.05) is 5.92 Å². The van der Waals surface area contributed by atoms with Crippen LogP contribution in [0.15, 0.2) is 12.2 Å². The molecular formula is C14H26O3Si. The maximum Gasteiger partial charge on any atom is 0.304 e. The Morgan fingerprint density at radius 3 is 2.50 bits per heavy atom. The van der Waals surface area contributed by atoms with Crippen molar-refractivity contribution >= 4 is 14.3 Å².